The minimum absolute atomic E-state index is 0.00344. The summed E-state index contributed by atoms with van der Waals surface area (Å²) in [5.74, 6) is 0.751. The molecule has 3 rings (SSSR count). The van der Waals surface area contributed by atoms with Gasteiger partial charge in [-0.15, -0.1) is 0 Å². The van der Waals surface area contributed by atoms with E-state index in [9.17, 15) is 14.9 Å². The summed E-state index contributed by atoms with van der Waals surface area (Å²) in [6.45, 7) is 0.446. The van der Waals surface area contributed by atoms with E-state index in [1.54, 1.807) is 30.3 Å². The molecular weight excluding hydrogens is 332 g/mol. The van der Waals surface area contributed by atoms with Gasteiger partial charge in [0, 0.05) is 30.3 Å². The number of hydrogen-bond donors (Lipinski definition) is 1. The summed E-state index contributed by atoms with van der Waals surface area (Å²) >= 11 is 0. The highest BCUT2D eigenvalue weighted by molar-refractivity contribution is 5.91. The second-order valence-corrected chi connectivity index (χ2v) is 5.55. The number of carbonyl (C=O) groups is 1. The highest BCUT2D eigenvalue weighted by atomic mass is 16.6. The van der Waals surface area contributed by atoms with Crippen molar-refractivity contribution in [2.24, 2.45) is 0 Å². The van der Waals surface area contributed by atoms with E-state index in [4.69, 9.17) is 4.42 Å². The van der Waals surface area contributed by atoms with Crippen molar-refractivity contribution in [3.05, 3.63) is 94.2 Å². The average molecular weight is 348 g/mol. The number of hydrogen-bond acceptors (Lipinski definition) is 4. The number of carbonyl (C=O) groups excluding carboxylic acids is 1. The molecular formula is C20H16N2O4. The first-order valence-electron chi connectivity index (χ1n) is 7.96. The van der Waals surface area contributed by atoms with Crippen LogP contribution in [0.4, 0.5) is 5.69 Å². The van der Waals surface area contributed by atoms with E-state index in [1.807, 2.05) is 30.3 Å². The van der Waals surface area contributed by atoms with Crippen LogP contribution in [-0.2, 0) is 11.3 Å². The van der Waals surface area contributed by atoms with Crippen LogP contribution in [0, 0.1) is 10.1 Å². The largest absolute Gasteiger partial charge is 0.457 e. The third kappa shape index (κ3) is 4.45. The van der Waals surface area contributed by atoms with Gasteiger partial charge in [-0.05, 0) is 23.8 Å². The number of furan rings is 1. The van der Waals surface area contributed by atoms with Gasteiger partial charge in [-0.3, -0.25) is 14.9 Å². The van der Waals surface area contributed by atoms with Crippen LogP contribution in [0.1, 0.15) is 11.3 Å². The normalized spacial score (nSPS) is 10.8. The number of nitro benzene ring substituents is 1. The molecule has 1 aromatic heterocycles. The molecule has 0 saturated carbocycles. The van der Waals surface area contributed by atoms with Gasteiger partial charge in [0.05, 0.1) is 4.92 Å². The van der Waals surface area contributed by atoms with E-state index in [-0.39, 0.29) is 11.6 Å². The molecule has 26 heavy (non-hydrogen) atoms. The topological polar surface area (TPSA) is 85.4 Å². The SMILES string of the molecule is O=C(/C=C/c1ccc(-c2cccc([N+](=O)[O-])c2)o1)NCc1ccccc1. The van der Waals surface area contributed by atoms with Crippen molar-refractivity contribution in [1.29, 1.82) is 0 Å². The summed E-state index contributed by atoms with van der Waals surface area (Å²) in [6.07, 6.45) is 2.94. The molecule has 6 nitrogen and oxygen atoms in total. The molecule has 0 saturated heterocycles. The van der Waals surface area contributed by atoms with Crippen LogP contribution >= 0.6 is 0 Å². The first-order valence-corrected chi connectivity index (χ1v) is 7.96. The second-order valence-electron chi connectivity index (χ2n) is 5.55. The minimum atomic E-state index is -0.454. The molecule has 0 bridgehead atoms. The molecule has 1 heterocycles. The number of non-ortho nitro benzene ring substituents is 1. The molecule has 0 aliphatic carbocycles. The molecule has 0 fully saturated rings. The Morgan fingerprint density at radius 1 is 1.08 bits per heavy atom. The van der Waals surface area contributed by atoms with Gasteiger partial charge in [0.1, 0.15) is 11.5 Å². The van der Waals surface area contributed by atoms with Gasteiger partial charge >= 0.3 is 0 Å². The summed E-state index contributed by atoms with van der Waals surface area (Å²) in [5.41, 5.74) is 1.61. The second kappa shape index (κ2) is 7.94. The van der Waals surface area contributed by atoms with Crippen LogP contribution in [0.25, 0.3) is 17.4 Å². The molecule has 1 N–H and O–H groups in total. The van der Waals surface area contributed by atoms with Crippen molar-refractivity contribution in [2.45, 2.75) is 6.54 Å². The highest BCUT2D eigenvalue weighted by Crippen LogP contribution is 2.26. The predicted molar refractivity (Wildman–Crippen MR) is 98.1 cm³/mol. The highest BCUT2D eigenvalue weighted by Gasteiger charge is 2.09. The summed E-state index contributed by atoms with van der Waals surface area (Å²) in [7, 11) is 0. The van der Waals surface area contributed by atoms with Crippen molar-refractivity contribution in [2.75, 3.05) is 0 Å². The third-order valence-corrected chi connectivity index (χ3v) is 3.68. The van der Waals surface area contributed by atoms with E-state index >= 15 is 0 Å². The maximum Gasteiger partial charge on any atom is 0.270 e. The van der Waals surface area contributed by atoms with Gasteiger partial charge in [0.25, 0.3) is 5.69 Å². The van der Waals surface area contributed by atoms with E-state index < -0.39 is 4.92 Å². The molecule has 0 aliphatic rings. The van der Waals surface area contributed by atoms with Crippen molar-refractivity contribution < 1.29 is 14.1 Å². The van der Waals surface area contributed by atoms with Gasteiger partial charge in [0.2, 0.25) is 5.91 Å². The van der Waals surface area contributed by atoms with Crippen molar-refractivity contribution in [1.82, 2.24) is 5.32 Å². The lowest BCUT2D eigenvalue weighted by atomic mass is 10.1. The number of nitrogens with zero attached hydrogens (tertiary/aromatic N) is 1. The fourth-order valence-electron chi connectivity index (χ4n) is 2.37. The lowest BCUT2D eigenvalue weighted by molar-refractivity contribution is -0.384. The zero-order valence-electron chi connectivity index (χ0n) is 13.8. The minimum Gasteiger partial charge on any atom is -0.457 e. The van der Waals surface area contributed by atoms with E-state index in [1.165, 1.54) is 18.2 Å². The summed E-state index contributed by atoms with van der Waals surface area (Å²) in [4.78, 5) is 22.3. The molecule has 0 radical (unpaired) electrons. The molecule has 6 heteroatoms. The smallest absolute Gasteiger partial charge is 0.270 e. The zero-order valence-corrected chi connectivity index (χ0v) is 13.8. The van der Waals surface area contributed by atoms with Gasteiger partial charge < -0.3 is 9.73 Å². The van der Waals surface area contributed by atoms with E-state index in [2.05, 4.69) is 5.32 Å². The van der Waals surface area contributed by atoms with E-state index in [0.717, 1.165) is 5.56 Å². The summed E-state index contributed by atoms with van der Waals surface area (Å²) in [6, 6.07) is 19.2. The maximum absolute atomic E-state index is 11.9. The Bertz CT molecular complexity index is 945. The number of nitrogens with one attached hydrogen (secondary N) is 1. The Hall–Kier alpha value is -3.67. The summed E-state index contributed by atoms with van der Waals surface area (Å²) < 4.78 is 5.63. The van der Waals surface area contributed by atoms with Crippen LogP contribution in [0.3, 0.4) is 0 Å². The predicted octanol–water partition coefficient (Wildman–Crippen LogP) is 4.18. The Morgan fingerprint density at radius 2 is 1.88 bits per heavy atom. The van der Waals surface area contributed by atoms with Crippen LogP contribution in [-0.4, -0.2) is 10.8 Å². The van der Waals surface area contributed by atoms with Crippen LogP contribution in [0.2, 0.25) is 0 Å². The molecule has 0 aliphatic heterocycles. The Morgan fingerprint density at radius 3 is 2.65 bits per heavy atom. The Balaban J connectivity index is 1.62. The summed E-state index contributed by atoms with van der Waals surface area (Å²) in [5, 5.41) is 13.6. The van der Waals surface area contributed by atoms with Gasteiger partial charge in [0.15, 0.2) is 0 Å². The van der Waals surface area contributed by atoms with Crippen molar-refractivity contribution in [3.8, 4) is 11.3 Å². The Kier molecular flexibility index (Phi) is 5.24. The number of benzene rings is 2. The van der Waals surface area contributed by atoms with Crippen LogP contribution < -0.4 is 5.32 Å². The number of amides is 1. The lowest BCUT2D eigenvalue weighted by Crippen LogP contribution is -2.20. The van der Waals surface area contributed by atoms with Crippen molar-refractivity contribution in [3.63, 3.8) is 0 Å². The number of nitro groups is 1. The molecule has 130 valence electrons. The maximum atomic E-state index is 11.9. The Labute approximate surface area is 149 Å². The molecule has 2 aromatic carbocycles. The monoisotopic (exact) mass is 348 g/mol. The van der Waals surface area contributed by atoms with Gasteiger partial charge in [-0.1, -0.05) is 42.5 Å². The first kappa shape index (κ1) is 17.2. The lowest BCUT2D eigenvalue weighted by Gasteiger charge is -2.01. The quantitative estimate of drug-likeness (QED) is 0.411. The first-order chi connectivity index (χ1) is 12.6. The zero-order chi connectivity index (χ0) is 18.4. The molecule has 0 spiro atoms. The number of rotatable bonds is 6. The van der Waals surface area contributed by atoms with Crippen molar-refractivity contribution >= 4 is 17.7 Å². The molecule has 0 atom stereocenters. The fraction of sp³-hybridized carbons (Fsp3) is 0.0500. The standard InChI is InChI=1S/C20H16N2O4/c23-20(21-14-15-5-2-1-3-6-15)12-10-18-9-11-19(26-18)16-7-4-8-17(13-16)22(24)25/h1-13H,14H2,(H,21,23)/b12-10+. The van der Waals surface area contributed by atoms with Gasteiger partial charge in [-0.25, -0.2) is 0 Å². The molecule has 3 aromatic rings. The average Bonchev–Trinajstić information content (AvgIpc) is 3.15. The molecule has 0 unspecified atom stereocenters. The fourth-order valence-corrected chi connectivity index (χ4v) is 2.37. The van der Waals surface area contributed by atoms with Gasteiger partial charge in [-0.2, -0.15) is 0 Å². The molecule has 1 amide bonds. The van der Waals surface area contributed by atoms with Crippen LogP contribution in [0.5, 0.6) is 0 Å². The third-order valence-electron chi connectivity index (χ3n) is 3.68. The van der Waals surface area contributed by atoms with E-state index in [0.29, 0.717) is 23.6 Å². The van der Waals surface area contributed by atoms with Crippen LogP contribution in [0.15, 0.2) is 77.2 Å².